The summed E-state index contributed by atoms with van der Waals surface area (Å²) in [6.45, 7) is 4.17. The van der Waals surface area contributed by atoms with Crippen LogP contribution in [-0.2, 0) is 6.42 Å². The molecule has 4 heteroatoms. The van der Waals surface area contributed by atoms with Gasteiger partial charge in [0.25, 0.3) is 0 Å². The maximum Gasteiger partial charge on any atom is 0.113 e. The molecule has 1 aromatic heterocycles. The summed E-state index contributed by atoms with van der Waals surface area (Å²) in [5.41, 5.74) is 8.87. The van der Waals surface area contributed by atoms with Gasteiger partial charge in [0.15, 0.2) is 0 Å². The SMILES string of the molecule is CCCc1nccn1-c1cc(C)c(N)cc1Br. The van der Waals surface area contributed by atoms with Gasteiger partial charge in [-0.25, -0.2) is 4.98 Å². The van der Waals surface area contributed by atoms with E-state index in [0.29, 0.717) is 0 Å². The third kappa shape index (κ3) is 2.36. The fraction of sp³-hybridized carbons (Fsp3) is 0.308. The molecule has 2 N–H and O–H groups in total. The third-order valence-corrected chi connectivity index (χ3v) is 3.42. The highest BCUT2D eigenvalue weighted by atomic mass is 79.9. The van der Waals surface area contributed by atoms with Crippen molar-refractivity contribution in [2.24, 2.45) is 0 Å². The number of nitrogen functional groups attached to an aromatic ring is 1. The number of nitrogens with two attached hydrogens (primary N) is 1. The summed E-state index contributed by atoms with van der Waals surface area (Å²) in [5, 5.41) is 0. The van der Waals surface area contributed by atoms with Crippen LogP contribution in [0.15, 0.2) is 29.0 Å². The average molecular weight is 294 g/mol. The second kappa shape index (κ2) is 4.92. The lowest BCUT2D eigenvalue weighted by Crippen LogP contribution is -2.02. The van der Waals surface area contributed by atoms with Gasteiger partial charge in [-0.1, -0.05) is 6.92 Å². The zero-order valence-corrected chi connectivity index (χ0v) is 11.7. The Morgan fingerprint density at radius 2 is 2.18 bits per heavy atom. The van der Waals surface area contributed by atoms with Gasteiger partial charge in [-0.3, -0.25) is 0 Å². The van der Waals surface area contributed by atoms with E-state index < -0.39 is 0 Å². The van der Waals surface area contributed by atoms with Gasteiger partial charge in [0.2, 0.25) is 0 Å². The third-order valence-electron chi connectivity index (χ3n) is 2.79. The van der Waals surface area contributed by atoms with Crippen molar-refractivity contribution < 1.29 is 0 Å². The van der Waals surface area contributed by atoms with E-state index in [-0.39, 0.29) is 0 Å². The Balaban J connectivity index is 2.52. The van der Waals surface area contributed by atoms with Crippen LogP contribution in [0.4, 0.5) is 5.69 Å². The van der Waals surface area contributed by atoms with Crippen LogP contribution in [0.3, 0.4) is 0 Å². The maximum absolute atomic E-state index is 5.88. The quantitative estimate of drug-likeness (QED) is 0.881. The lowest BCUT2D eigenvalue weighted by molar-refractivity contribution is 0.807. The van der Waals surface area contributed by atoms with Crippen molar-refractivity contribution in [3.05, 3.63) is 40.4 Å². The second-order valence-electron chi connectivity index (χ2n) is 4.12. The Morgan fingerprint density at radius 1 is 1.41 bits per heavy atom. The number of halogens is 1. The van der Waals surface area contributed by atoms with Gasteiger partial charge in [-0.15, -0.1) is 0 Å². The van der Waals surface area contributed by atoms with Gasteiger partial charge in [-0.05, 0) is 47.0 Å². The normalized spacial score (nSPS) is 10.8. The van der Waals surface area contributed by atoms with E-state index in [4.69, 9.17) is 5.73 Å². The van der Waals surface area contributed by atoms with E-state index in [2.05, 4.69) is 38.5 Å². The second-order valence-corrected chi connectivity index (χ2v) is 4.98. The highest BCUT2D eigenvalue weighted by Gasteiger charge is 2.09. The number of aryl methyl sites for hydroxylation is 2. The number of nitrogens with zero attached hydrogens (tertiary/aromatic N) is 2. The standard InChI is InChI=1S/C13H16BrN3/c1-3-4-13-16-5-6-17(13)12-7-9(2)11(15)8-10(12)14/h5-8H,3-4,15H2,1-2H3. The zero-order valence-electron chi connectivity index (χ0n) is 10.1. The first-order valence-electron chi connectivity index (χ1n) is 5.71. The molecular weight excluding hydrogens is 278 g/mol. The van der Waals surface area contributed by atoms with Crippen LogP contribution < -0.4 is 5.73 Å². The van der Waals surface area contributed by atoms with Gasteiger partial charge in [0, 0.05) is 29.0 Å². The van der Waals surface area contributed by atoms with Crippen molar-refractivity contribution in [3.63, 3.8) is 0 Å². The minimum atomic E-state index is 0.804. The van der Waals surface area contributed by atoms with Gasteiger partial charge in [-0.2, -0.15) is 0 Å². The summed E-state index contributed by atoms with van der Waals surface area (Å²) in [5.74, 6) is 1.08. The minimum absolute atomic E-state index is 0.804. The molecule has 2 aromatic rings. The van der Waals surface area contributed by atoms with Crippen LogP contribution in [0.5, 0.6) is 0 Å². The number of aromatic nitrogens is 2. The van der Waals surface area contributed by atoms with Crippen molar-refractivity contribution in [2.45, 2.75) is 26.7 Å². The fourth-order valence-electron chi connectivity index (χ4n) is 1.83. The van der Waals surface area contributed by atoms with Crippen LogP contribution in [0.25, 0.3) is 5.69 Å². The van der Waals surface area contributed by atoms with E-state index in [1.807, 2.05) is 25.4 Å². The summed E-state index contributed by atoms with van der Waals surface area (Å²) in [4.78, 5) is 4.39. The average Bonchev–Trinajstić information content (AvgIpc) is 2.72. The van der Waals surface area contributed by atoms with Crippen LogP contribution in [0.1, 0.15) is 24.7 Å². The molecule has 0 unspecified atom stereocenters. The zero-order chi connectivity index (χ0) is 12.4. The maximum atomic E-state index is 5.88. The Hall–Kier alpha value is -1.29. The van der Waals surface area contributed by atoms with Gasteiger partial charge in [0.1, 0.15) is 5.82 Å². The number of imidazole rings is 1. The molecule has 0 spiro atoms. The van der Waals surface area contributed by atoms with Crippen LogP contribution in [-0.4, -0.2) is 9.55 Å². The summed E-state index contributed by atoms with van der Waals surface area (Å²) >= 11 is 3.56. The number of anilines is 1. The summed E-state index contributed by atoms with van der Waals surface area (Å²) in [6, 6.07) is 4.03. The highest BCUT2D eigenvalue weighted by Crippen LogP contribution is 2.27. The Kier molecular flexibility index (Phi) is 3.52. The van der Waals surface area contributed by atoms with Gasteiger partial charge >= 0.3 is 0 Å². The molecule has 0 atom stereocenters. The molecule has 0 bridgehead atoms. The summed E-state index contributed by atoms with van der Waals surface area (Å²) in [6.07, 6.45) is 5.88. The van der Waals surface area contributed by atoms with Crippen molar-refractivity contribution in [3.8, 4) is 5.69 Å². The first-order valence-corrected chi connectivity index (χ1v) is 6.51. The van der Waals surface area contributed by atoms with Crippen molar-refractivity contribution in [1.82, 2.24) is 9.55 Å². The molecule has 1 heterocycles. The molecule has 0 saturated carbocycles. The predicted octanol–water partition coefficient (Wildman–Crippen LogP) is 3.48. The van der Waals surface area contributed by atoms with Crippen LogP contribution >= 0.6 is 15.9 Å². The van der Waals surface area contributed by atoms with E-state index in [1.54, 1.807) is 0 Å². The first-order chi connectivity index (χ1) is 8.13. The highest BCUT2D eigenvalue weighted by molar-refractivity contribution is 9.10. The lowest BCUT2D eigenvalue weighted by atomic mass is 10.2. The van der Waals surface area contributed by atoms with Crippen molar-refractivity contribution >= 4 is 21.6 Å². The molecular formula is C13H16BrN3. The molecule has 1 aromatic carbocycles. The van der Waals surface area contributed by atoms with Gasteiger partial charge in [0.05, 0.1) is 5.69 Å². The monoisotopic (exact) mass is 293 g/mol. The van der Waals surface area contributed by atoms with Crippen molar-refractivity contribution in [2.75, 3.05) is 5.73 Å². The predicted molar refractivity (Wildman–Crippen MR) is 74.4 cm³/mol. The Bertz CT molecular complexity index is 531. The molecule has 2 rings (SSSR count). The number of hydrogen-bond acceptors (Lipinski definition) is 2. The summed E-state index contributed by atoms with van der Waals surface area (Å²) in [7, 11) is 0. The topological polar surface area (TPSA) is 43.8 Å². The molecule has 0 aliphatic heterocycles. The molecule has 17 heavy (non-hydrogen) atoms. The number of rotatable bonds is 3. The van der Waals surface area contributed by atoms with E-state index in [1.165, 1.54) is 0 Å². The molecule has 0 saturated heterocycles. The van der Waals surface area contributed by atoms with Gasteiger partial charge < -0.3 is 10.3 Å². The van der Waals surface area contributed by atoms with E-state index in [9.17, 15) is 0 Å². The van der Waals surface area contributed by atoms with Crippen molar-refractivity contribution in [1.29, 1.82) is 0 Å². The summed E-state index contributed by atoms with van der Waals surface area (Å²) < 4.78 is 3.11. The van der Waals surface area contributed by atoms with E-state index >= 15 is 0 Å². The molecule has 3 nitrogen and oxygen atoms in total. The minimum Gasteiger partial charge on any atom is -0.398 e. The largest absolute Gasteiger partial charge is 0.398 e. The molecule has 0 aliphatic rings. The van der Waals surface area contributed by atoms with Crippen LogP contribution in [0.2, 0.25) is 0 Å². The first kappa shape index (κ1) is 12.2. The molecule has 0 radical (unpaired) electrons. The van der Waals surface area contributed by atoms with Crippen LogP contribution in [0, 0.1) is 6.92 Å². The molecule has 0 fully saturated rings. The fourth-order valence-corrected chi connectivity index (χ4v) is 2.38. The smallest absolute Gasteiger partial charge is 0.113 e. The lowest BCUT2D eigenvalue weighted by Gasteiger charge is -2.12. The number of benzene rings is 1. The molecule has 0 amide bonds. The Labute approximate surface area is 110 Å². The number of hydrogen-bond donors (Lipinski definition) is 1. The van der Waals surface area contributed by atoms with E-state index in [0.717, 1.165) is 40.1 Å². The Morgan fingerprint density at radius 3 is 2.88 bits per heavy atom. The molecule has 0 aliphatic carbocycles. The molecule has 90 valence electrons.